The summed E-state index contributed by atoms with van der Waals surface area (Å²) in [5, 5.41) is 1.35. The number of fused-ring (bicyclic) bond motifs is 3. The molecule has 0 bridgehead atoms. The van der Waals surface area contributed by atoms with E-state index in [2.05, 4.69) is 9.97 Å². The molecule has 23 heavy (non-hydrogen) atoms. The zero-order chi connectivity index (χ0) is 16.0. The van der Waals surface area contributed by atoms with Gasteiger partial charge < -0.3 is 15.7 Å². The van der Waals surface area contributed by atoms with Gasteiger partial charge in [-0.2, -0.15) is 0 Å². The Kier molecular flexibility index (Phi) is 2.81. The standard InChI is InChI=1S/C18H13N3O2/c19-17(22)13-9-20-16-15(13)12-7-6-11(8-14(12)21-18(16)23)10-4-2-1-3-5-10/h1-9,20H,(H2,19,22)(H,21,23). The Morgan fingerprint density at radius 1 is 1.00 bits per heavy atom. The molecule has 5 heteroatoms. The van der Waals surface area contributed by atoms with Crippen LogP contribution in [0.15, 0.2) is 59.5 Å². The molecule has 2 heterocycles. The summed E-state index contributed by atoms with van der Waals surface area (Å²) in [6.45, 7) is 0. The number of primary amides is 1. The van der Waals surface area contributed by atoms with Crippen molar-refractivity contribution in [3.8, 4) is 11.1 Å². The molecule has 0 aliphatic rings. The number of aromatic amines is 2. The topological polar surface area (TPSA) is 91.7 Å². The average molecular weight is 303 g/mol. The molecule has 0 radical (unpaired) electrons. The van der Waals surface area contributed by atoms with E-state index in [0.717, 1.165) is 16.5 Å². The molecule has 0 atom stereocenters. The molecule has 0 aliphatic carbocycles. The van der Waals surface area contributed by atoms with E-state index >= 15 is 0 Å². The molecular formula is C18H13N3O2. The van der Waals surface area contributed by atoms with Gasteiger partial charge in [-0.05, 0) is 17.2 Å². The number of hydrogen-bond donors (Lipinski definition) is 3. The van der Waals surface area contributed by atoms with Crippen molar-refractivity contribution < 1.29 is 4.79 Å². The molecule has 0 spiro atoms. The Balaban J connectivity index is 2.07. The Bertz CT molecular complexity index is 1110. The lowest BCUT2D eigenvalue weighted by Gasteiger charge is -2.06. The van der Waals surface area contributed by atoms with Crippen molar-refractivity contribution in [3.05, 3.63) is 70.6 Å². The summed E-state index contributed by atoms with van der Waals surface area (Å²) < 4.78 is 0. The molecule has 4 N–H and O–H groups in total. The quantitative estimate of drug-likeness (QED) is 0.531. The van der Waals surface area contributed by atoms with Crippen LogP contribution in [0.25, 0.3) is 32.9 Å². The predicted molar refractivity (Wildman–Crippen MR) is 90.4 cm³/mol. The highest BCUT2D eigenvalue weighted by atomic mass is 16.1. The summed E-state index contributed by atoms with van der Waals surface area (Å²) in [5.74, 6) is -0.560. The van der Waals surface area contributed by atoms with Gasteiger partial charge in [0.15, 0.2) is 0 Å². The SMILES string of the molecule is NC(=O)c1c[nH]c2c(=O)[nH]c3cc(-c4ccccc4)ccc3c12. The monoisotopic (exact) mass is 303 g/mol. The third-order valence-corrected chi connectivity index (χ3v) is 4.02. The van der Waals surface area contributed by atoms with Gasteiger partial charge in [0.05, 0.1) is 5.56 Å². The van der Waals surface area contributed by atoms with E-state index in [-0.39, 0.29) is 5.56 Å². The Labute approximate surface area is 130 Å². The molecule has 2 aromatic heterocycles. The summed E-state index contributed by atoms with van der Waals surface area (Å²) >= 11 is 0. The minimum absolute atomic E-state index is 0.273. The second-order valence-electron chi connectivity index (χ2n) is 5.40. The summed E-state index contributed by atoms with van der Waals surface area (Å²) in [6.07, 6.45) is 1.48. The maximum Gasteiger partial charge on any atom is 0.272 e. The third-order valence-electron chi connectivity index (χ3n) is 4.02. The first-order chi connectivity index (χ1) is 11.1. The summed E-state index contributed by atoms with van der Waals surface area (Å²) in [4.78, 5) is 29.5. The van der Waals surface area contributed by atoms with Crippen molar-refractivity contribution in [1.82, 2.24) is 9.97 Å². The second kappa shape index (κ2) is 4.84. The molecular weight excluding hydrogens is 290 g/mol. The van der Waals surface area contributed by atoms with E-state index in [1.54, 1.807) is 0 Å². The number of amides is 1. The van der Waals surface area contributed by atoms with E-state index in [1.165, 1.54) is 6.20 Å². The molecule has 2 aromatic carbocycles. The fourth-order valence-electron chi connectivity index (χ4n) is 2.94. The number of pyridine rings is 1. The lowest BCUT2D eigenvalue weighted by atomic mass is 10.0. The van der Waals surface area contributed by atoms with Crippen LogP contribution in [0.1, 0.15) is 10.4 Å². The van der Waals surface area contributed by atoms with Crippen molar-refractivity contribution in [2.24, 2.45) is 5.73 Å². The van der Waals surface area contributed by atoms with Crippen LogP contribution in [0.2, 0.25) is 0 Å². The van der Waals surface area contributed by atoms with Crippen molar-refractivity contribution >= 4 is 27.7 Å². The predicted octanol–water partition coefficient (Wildman–Crippen LogP) is 2.78. The average Bonchev–Trinajstić information content (AvgIpc) is 3.01. The number of H-pyrrole nitrogens is 2. The zero-order valence-corrected chi connectivity index (χ0v) is 12.1. The minimum Gasteiger partial charge on any atom is -0.366 e. The fourth-order valence-corrected chi connectivity index (χ4v) is 2.94. The number of aromatic nitrogens is 2. The molecule has 0 fully saturated rings. The van der Waals surface area contributed by atoms with Gasteiger partial charge in [-0.1, -0.05) is 42.5 Å². The fraction of sp³-hybridized carbons (Fsp3) is 0. The van der Waals surface area contributed by atoms with Gasteiger partial charge in [0.25, 0.3) is 11.5 Å². The van der Waals surface area contributed by atoms with Gasteiger partial charge in [-0.25, -0.2) is 0 Å². The van der Waals surface area contributed by atoms with E-state index in [9.17, 15) is 9.59 Å². The number of benzene rings is 2. The smallest absolute Gasteiger partial charge is 0.272 e. The highest BCUT2D eigenvalue weighted by Crippen LogP contribution is 2.28. The van der Waals surface area contributed by atoms with Crippen LogP contribution in [0, 0.1) is 0 Å². The zero-order valence-electron chi connectivity index (χ0n) is 12.1. The van der Waals surface area contributed by atoms with Crippen LogP contribution in [-0.4, -0.2) is 15.9 Å². The molecule has 4 aromatic rings. The van der Waals surface area contributed by atoms with Gasteiger partial charge >= 0.3 is 0 Å². The number of nitrogens with one attached hydrogen (secondary N) is 2. The van der Waals surface area contributed by atoms with Crippen LogP contribution in [0.3, 0.4) is 0 Å². The molecule has 5 nitrogen and oxygen atoms in total. The number of hydrogen-bond acceptors (Lipinski definition) is 2. The second-order valence-corrected chi connectivity index (χ2v) is 5.40. The summed E-state index contributed by atoms with van der Waals surface area (Å²) in [5.41, 5.74) is 8.54. The van der Waals surface area contributed by atoms with Crippen molar-refractivity contribution in [1.29, 1.82) is 0 Å². The Morgan fingerprint density at radius 3 is 2.52 bits per heavy atom. The van der Waals surface area contributed by atoms with Gasteiger partial charge in [0.1, 0.15) is 5.52 Å². The van der Waals surface area contributed by atoms with Crippen LogP contribution in [-0.2, 0) is 0 Å². The van der Waals surface area contributed by atoms with Crippen molar-refractivity contribution in [2.75, 3.05) is 0 Å². The van der Waals surface area contributed by atoms with E-state index in [1.807, 2.05) is 48.5 Å². The van der Waals surface area contributed by atoms with E-state index in [0.29, 0.717) is 22.0 Å². The van der Waals surface area contributed by atoms with Crippen molar-refractivity contribution in [2.45, 2.75) is 0 Å². The molecule has 0 unspecified atom stereocenters. The third kappa shape index (κ3) is 2.02. The number of carbonyl (C=O) groups excluding carboxylic acids is 1. The first-order valence-electron chi connectivity index (χ1n) is 7.17. The molecule has 0 saturated heterocycles. The van der Waals surface area contributed by atoms with Crippen LogP contribution >= 0.6 is 0 Å². The lowest BCUT2D eigenvalue weighted by Crippen LogP contribution is -2.11. The van der Waals surface area contributed by atoms with Gasteiger partial charge in [0, 0.05) is 22.5 Å². The van der Waals surface area contributed by atoms with Gasteiger partial charge in [-0.15, -0.1) is 0 Å². The minimum atomic E-state index is -0.560. The largest absolute Gasteiger partial charge is 0.366 e. The number of nitrogens with two attached hydrogens (primary N) is 1. The van der Waals surface area contributed by atoms with Crippen LogP contribution in [0.5, 0.6) is 0 Å². The van der Waals surface area contributed by atoms with Crippen molar-refractivity contribution in [3.63, 3.8) is 0 Å². The maximum absolute atomic E-state index is 12.2. The van der Waals surface area contributed by atoms with Crippen LogP contribution < -0.4 is 11.3 Å². The molecule has 0 aliphatic heterocycles. The number of rotatable bonds is 2. The Morgan fingerprint density at radius 2 is 1.78 bits per heavy atom. The highest BCUT2D eigenvalue weighted by Gasteiger charge is 2.15. The summed E-state index contributed by atoms with van der Waals surface area (Å²) in [7, 11) is 0. The lowest BCUT2D eigenvalue weighted by molar-refractivity contribution is 0.100. The highest BCUT2D eigenvalue weighted by molar-refractivity contribution is 6.16. The molecule has 0 saturated carbocycles. The van der Waals surface area contributed by atoms with Gasteiger partial charge in [0.2, 0.25) is 0 Å². The van der Waals surface area contributed by atoms with E-state index < -0.39 is 5.91 Å². The maximum atomic E-state index is 12.2. The Hall–Kier alpha value is -3.34. The summed E-state index contributed by atoms with van der Waals surface area (Å²) in [6, 6.07) is 15.7. The number of carbonyl (C=O) groups is 1. The van der Waals surface area contributed by atoms with Gasteiger partial charge in [-0.3, -0.25) is 9.59 Å². The van der Waals surface area contributed by atoms with E-state index in [4.69, 9.17) is 5.73 Å². The first kappa shape index (κ1) is 13.3. The normalized spacial score (nSPS) is 11.1. The molecule has 1 amide bonds. The molecule has 4 rings (SSSR count). The first-order valence-corrected chi connectivity index (χ1v) is 7.17. The molecule has 112 valence electrons. The van der Waals surface area contributed by atoms with Crippen LogP contribution in [0.4, 0.5) is 0 Å².